The Morgan fingerprint density at radius 3 is 3.00 bits per heavy atom. The molecule has 3 nitrogen and oxygen atoms in total. The number of carboxylic acids is 1. The van der Waals surface area contributed by atoms with Crippen LogP contribution in [0.25, 0.3) is 0 Å². The molecule has 0 bridgehead atoms. The molecular formula is C11H12FNO2. The van der Waals surface area contributed by atoms with E-state index in [2.05, 4.69) is 5.32 Å². The quantitative estimate of drug-likeness (QED) is 0.744. The number of hydrogen-bond acceptors (Lipinski definition) is 2. The van der Waals surface area contributed by atoms with Crippen molar-refractivity contribution in [2.45, 2.75) is 19.3 Å². The highest BCUT2D eigenvalue weighted by molar-refractivity contribution is 5.81. The largest absolute Gasteiger partial charge is 0.481 e. The summed E-state index contributed by atoms with van der Waals surface area (Å²) in [6.07, 6.45) is 0.507. The van der Waals surface area contributed by atoms with Gasteiger partial charge in [-0.3, -0.25) is 4.79 Å². The van der Waals surface area contributed by atoms with Crippen molar-refractivity contribution in [2.75, 3.05) is 11.9 Å². The van der Waals surface area contributed by atoms with Gasteiger partial charge in [-0.15, -0.1) is 0 Å². The zero-order valence-corrected chi connectivity index (χ0v) is 8.38. The van der Waals surface area contributed by atoms with E-state index in [1.165, 1.54) is 6.07 Å². The lowest BCUT2D eigenvalue weighted by molar-refractivity contribution is -0.139. The summed E-state index contributed by atoms with van der Waals surface area (Å²) in [6.45, 7) is 2.31. The predicted molar refractivity (Wildman–Crippen MR) is 54.6 cm³/mol. The van der Waals surface area contributed by atoms with Crippen molar-refractivity contribution in [1.82, 2.24) is 0 Å². The van der Waals surface area contributed by atoms with Gasteiger partial charge in [-0.2, -0.15) is 0 Å². The highest BCUT2D eigenvalue weighted by Crippen LogP contribution is 2.35. The summed E-state index contributed by atoms with van der Waals surface area (Å²) in [5.41, 5.74) is 1.77. The van der Waals surface area contributed by atoms with Gasteiger partial charge in [0.15, 0.2) is 0 Å². The van der Waals surface area contributed by atoms with Gasteiger partial charge in [0.2, 0.25) is 0 Å². The molecule has 0 amide bonds. The van der Waals surface area contributed by atoms with Crippen LogP contribution in [0, 0.1) is 12.7 Å². The monoisotopic (exact) mass is 209 g/mol. The molecule has 0 radical (unpaired) electrons. The third-order valence-electron chi connectivity index (χ3n) is 2.79. The first-order chi connectivity index (χ1) is 7.11. The first-order valence-corrected chi connectivity index (χ1v) is 4.87. The minimum atomic E-state index is -0.883. The fraction of sp³-hybridized carbons (Fsp3) is 0.364. The first kappa shape index (κ1) is 9.96. The summed E-state index contributed by atoms with van der Waals surface area (Å²) >= 11 is 0. The van der Waals surface area contributed by atoms with Gasteiger partial charge in [0.05, 0.1) is 11.6 Å². The minimum Gasteiger partial charge on any atom is -0.481 e. The molecule has 0 saturated carbocycles. The van der Waals surface area contributed by atoms with Crippen LogP contribution in [0.2, 0.25) is 0 Å². The van der Waals surface area contributed by atoms with Crippen LogP contribution < -0.4 is 5.32 Å². The number of hydrogen-bond donors (Lipinski definition) is 2. The highest BCUT2D eigenvalue weighted by Gasteiger charge is 2.29. The first-order valence-electron chi connectivity index (χ1n) is 4.87. The zero-order valence-electron chi connectivity index (χ0n) is 8.38. The Morgan fingerprint density at radius 1 is 1.60 bits per heavy atom. The Kier molecular flexibility index (Phi) is 2.34. The molecule has 1 aromatic carbocycles. The second-order valence-corrected chi connectivity index (χ2v) is 3.76. The smallest absolute Gasteiger partial charge is 0.311 e. The van der Waals surface area contributed by atoms with E-state index in [1.807, 2.05) is 0 Å². The van der Waals surface area contributed by atoms with Crippen LogP contribution >= 0.6 is 0 Å². The molecule has 2 rings (SSSR count). The standard InChI is InChI=1S/C11H12FNO2/c1-6-2-3-8(12)10-9(6)7(11(14)15)4-5-13-10/h2-3,7,13H,4-5H2,1H3,(H,14,15). The second-order valence-electron chi connectivity index (χ2n) is 3.76. The third kappa shape index (κ3) is 1.56. The Labute approximate surface area is 86.9 Å². The van der Waals surface area contributed by atoms with Gasteiger partial charge in [-0.1, -0.05) is 6.07 Å². The minimum absolute atomic E-state index is 0.355. The Hall–Kier alpha value is -1.58. The fourth-order valence-corrected chi connectivity index (χ4v) is 2.06. The molecule has 1 aromatic rings. The SMILES string of the molecule is Cc1ccc(F)c2c1C(C(=O)O)CCN2. The molecule has 1 aliphatic rings. The van der Waals surface area contributed by atoms with E-state index in [0.29, 0.717) is 24.2 Å². The van der Waals surface area contributed by atoms with Crippen molar-refractivity contribution in [3.05, 3.63) is 29.1 Å². The van der Waals surface area contributed by atoms with Crippen LogP contribution in [-0.4, -0.2) is 17.6 Å². The second kappa shape index (κ2) is 3.53. The summed E-state index contributed by atoms with van der Waals surface area (Å²) in [5.74, 6) is -1.84. The van der Waals surface area contributed by atoms with E-state index in [-0.39, 0.29) is 5.82 Å². The normalized spacial score (nSPS) is 19.2. The van der Waals surface area contributed by atoms with Crippen molar-refractivity contribution >= 4 is 11.7 Å². The molecule has 2 N–H and O–H groups in total. The van der Waals surface area contributed by atoms with E-state index in [1.54, 1.807) is 13.0 Å². The van der Waals surface area contributed by atoms with Crippen molar-refractivity contribution < 1.29 is 14.3 Å². The van der Waals surface area contributed by atoms with Crippen molar-refractivity contribution in [3.8, 4) is 0 Å². The highest BCUT2D eigenvalue weighted by atomic mass is 19.1. The maximum Gasteiger partial charge on any atom is 0.311 e. The van der Waals surface area contributed by atoms with Crippen LogP contribution in [0.4, 0.5) is 10.1 Å². The number of rotatable bonds is 1. The lowest BCUT2D eigenvalue weighted by Crippen LogP contribution is -2.24. The third-order valence-corrected chi connectivity index (χ3v) is 2.79. The molecule has 15 heavy (non-hydrogen) atoms. The van der Waals surface area contributed by atoms with Gasteiger partial charge in [0.1, 0.15) is 5.82 Å². The maximum absolute atomic E-state index is 13.4. The summed E-state index contributed by atoms with van der Waals surface area (Å²) in [6, 6.07) is 2.99. The maximum atomic E-state index is 13.4. The van der Waals surface area contributed by atoms with E-state index in [9.17, 15) is 9.18 Å². The number of nitrogens with one attached hydrogen (secondary N) is 1. The molecule has 4 heteroatoms. The molecule has 80 valence electrons. The fourth-order valence-electron chi connectivity index (χ4n) is 2.06. The summed E-state index contributed by atoms with van der Waals surface area (Å²) in [4.78, 5) is 11.0. The summed E-state index contributed by atoms with van der Waals surface area (Å²) < 4.78 is 13.4. The summed E-state index contributed by atoms with van der Waals surface area (Å²) in [5, 5.41) is 12.0. The van der Waals surface area contributed by atoms with E-state index in [0.717, 1.165) is 5.56 Å². The molecule has 0 saturated heterocycles. The van der Waals surface area contributed by atoms with Crippen LogP contribution in [-0.2, 0) is 4.79 Å². The molecule has 0 spiro atoms. The molecule has 1 heterocycles. The van der Waals surface area contributed by atoms with E-state index >= 15 is 0 Å². The number of carboxylic acid groups (broad SMARTS) is 1. The van der Waals surface area contributed by atoms with Crippen molar-refractivity contribution in [1.29, 1.82) is 0 Å². The average molecular weight is 209 g/mol. The number of benzene rings is 1. The van der Waals surface area contributed by atoms with Gasteiger partial charge in [0.25, 0.3) is 0 Å². The van der Waals surface area contributed by atoms with Gasteiger partial charge >= 0.3 is 5.97 Å². The Morgan fingerprint density at radius 2 is 2.33 bits per heavy atom. The number of aliphatic carboxylic acids is 1. The van der Waals surface area contributed by atoms with Crippen LogP contribution in [0.15, 0.2) is 12.1 Å². The molecule has 0 aliphatic carbocycles. The van der Waals surface area contributed by atoms with Gasteiger partial charge in [0, 0.05) is 6.54 Å². The topological polar surface area (TPSA) is 49.3 Å². The molecular weight excluding hydrogens is 197 g/mol. The summed E-state index contributed by atoms with van der Waals surface area (Å²) in [7, 11) is 0. The van der Waals surface area contributed by atoms with Crippen LogP contribution in [0.3, 0.4) is 0 Å². The van der Waals surface area contributed by atoms with Gasteiger partial charge in [-0.25, -0.2) is 4.39 Å². The number of aryl methyl sites for hydroxylation is 1. The zero-order chi connectivity index (χ0) is 11.0. The molecule has 1 atom stereocenters. The van der Waals surface area contributed by atoms with Crippen LogP contribution in [0.1, 0.15) is 23.5 Å². The average Bonchev–Trinajstić information content (AvgIpc) is 2.23. The molecule has 1 aliphatic heterocycles. The number of carbonyl (C=O) groups is 1. The molecule has 0 aromatic heterocycles. The molecule has 1 unspecified atom stereocenters. The number of fused-ring (bicyclic) bond motifs is 1. The Balaban J connectivity index is 2.59. The van der Waals surface area contributed by atoms with Gasteiger partial charge in [-0.05, 0) is 30.5 Å². The molecule has 0 fully saturated rings. The van der Waals surface area contributed by atoms with Crippen LogP contribution in [0.5, 0.6) is 0 Å². The van der Waals surface area contributed by atoms with Crippen molar-refractivity contribution in [2.24, 2.45) is 0 Å². The lowest BCUT2D eigenvalue weighted by atomic mass is 9.87. The van der Waals surface area contributed by atoms with E-state index in [4.69, 9.17) is 5.11 Å². The number of anilines is 1. The van der Waals surface area contributed by atoms with Crippen molar-refractivity contribution in [3.63, 3.8) is 0 Å². The number of halogens is 1. The predicted octanol–water partition coefficient (Wildman–Crippen LogP) is 2.12. The van der Waals surface area contributed by atoms with E-state index < -0.39 is 11.9 Å². The van der Waals surface area contributed by atoms with Gasteiger partial charge < -0.3 is 10.4 Å². The lowest BCUT2D eigenvalue weighted by Gasteiger charge is -2.25. The Bertz CT molecular complexity index is 417.